The molecule has 0 aliphatic heterocycles. The van der Waals surface area contributed by atoms with Gasteiger partial charge in [0.25, 0.3) is 0 Å². The predicted molar refractivity (Wildman–Crippen MR) is 122 cm³/mol. The first-order valence-electron chi connectivity index (χ1n) is 11.3. The predicted octanol–water partition coefficient (Wildman–Crippen LogP) is 2.64. The molecule has 2 aromatic rings. The molecule has 33 heavy (non-hydrogen) atoms. The highest BCUT2D eigenvalue weighted by atomic mass is 19.1. The molecule has 0 spiro atoms. The van der Waals surface area contributed by atoms with Gasteiger partial charge in [-0.1, -0.05) is 20.3 Å². The summed E-state index contributed by atoms with van der Waals surface area (Å²) in [4.78, 5) is 29.2. The van der Waals surface area contributed by atoms with Crippen molar-refractivity contribution in [3.8, 4) is 0 Å². The summed E-state index contributed by atoms with van der Waals surface area (Å²) in [6, 6.07) is 2.15. The molecule has 0 bridgehead atoms. The molecule has 1 heterocycles. The first-order valence-corrected chi connectivity index (χ1v) is 11.3. The van der Waals surface area contributed by atoms with E-state index in [0.29, 0.717) is 31.8 Å². The van der Waals surface area contributed by atoms with Crippen LogP contribution in [-0.2, 0) is 27.3 Å². The molecule has 10 heteroatoms. The maximum Gasteiger partial charge on any atom is 0.248 e. The number of ether oxygens (including phenoxy) is 1. The van der Waals surface area contributed by atoms with Crippen molar-refractivity contribution in [2.75, 3.05) is 31.6 Å². The Balaban J connectivity index is 1.81. The van der Waals surface area contributed by atoms with Crippen molar-refractivity contribution >= 4 is 17.6 Å². The summed E-state index contributed by atoms with van der Waals surface area (Å²) in [5.74, 6) is -2.01. The van der Waals surface area contributed by atoms with Gasteiger partial charge in [-0.25, -0.2) is 13.8 Å². The van der Waals surface area contributed by atoms with Crippen LogP contribution in [0.25, 0.3) is 0 Å². The minimum absolute atomic E-state index is 0.199. The number of benzene rings is 1. The van der Waals surface area contributed by atoms with Gasteiger partial charge in [0.15, 0.2) is 5.82 Å². The highest BCUT2D eigenvalue weighted by Gasteiger charge is 2.21. The molecule has 0 radical (unpaired) electrons. The molecule has 1 aromatic carbocycles. The van der Waals surface area contributed by atoms with Gasteiger partial charge < -0.3 is 25.3 Å². The fraction of sp³-hybridized carbons (Fsp3) is 0.522. The monoisotopic (exact) mass is 465 g/mol. The summed E-state index contributed by atoms with van der Waals surface area (Å²) in [5, 5.41) is 8.63. The molecule has 0 aliphatic carbocycles. The standard InChI is InChI=1S/C23H33F2N5O3/c1-3-5-20(28-22(31)13-17-11-18(24)14-19(25)12-17)23(32)29-21-15-30(16-27-21)8-6-26-7-10-33-9-4-2/h11-12,14-16,20,26H,3-10,13H2,1-2H3,(H,28,31)(H,29,32)/t20-/m0/s1. The summed E-state index contributed by atoms with van der Waals surface area (Å²) < 4.78 is 33.9. The van der Waals surface area contributed by atoms with E-state index in [9.17, 15) is 18.4 Å². The van der Waals surface area contributed by atoms with Crippen LogP contribution in [0.2, 0.25) is 0 Å². The smallest absolute Gasteiger partial charge is 0.248 e. The number of anilines is 1. The number of rotatable bonds is 15. The largest absolute Gasteiger partial charge is 0.380 e. The highest BCUT2D eigenvalue weighted by molar-refractivity contribution is 5.96. The van der Waals surface area contributed by atoms with Crippen LogP contribution in [0.3, 0.4) is 0 Å². The molecule has 2 amide bonds. The fourth-order valence-corrected chi connectivity index (χ4v) is 3.19. The van der Waals surface area contributed by atoms with Crippen molar-refractivity contribution in [1.82, 2.24) is 20.2 Å². The van der Waals surface area contributed by atoms with E-state index in [2.05, 4.69) is 27.9 Å². The van der Waals surface area contributed by atoms with Gasteiger partial charge in [-0.2, -0.15) is 0 Å². The molecule has 2 rings (SSSR count). The Morgan fingerprint density at radius 1 is 1.09 bits per heavy atom. The summed E-state index contributed by atoms with van der Waals surface area (Å²) in [5.41, 5.74) is 0.199. The van der Waals surface area contributed by atoms with Crippen LogP contribution in [0.15, 0.2) is 30.7 Å². The van der Waals surface area contributed by atoms with Gasteiger partial charge in [-0.15, -0.1) is 0 Å². The molecule has 3 N–H and O–H groups in total. The van der Waals surface area contributed by atoms with E-state index in [-0.39, 0.29) is 12.0 Å². The lowest BCUT2D eigenvalue weighted by Gasteiger charge is -2.17. The van der Waals surface area contributed by atoms with Gasteiger partial charge in [0, 0.05) is 38.5 Å². The second-order valence-electron chi connectivity index (χ2n) is 7.71. The number of hydrogen-bond donors (Lipinski definition) is 3. The second-order valence-corrected chi connectivity index (χ2v) is 7.71. The fourth-order valence-electron chi connectivity index (χ4n) is 3.19. The Bertz CT molecular complexity index is 870. The maximum absolute atomic E-state index is 13.3. The topological polar surface area (TPSA) is 97.3 Å². The van der Waals surface area contributed by atoms with Crippen LogP contribution >= 0.6 is 0 Å². The molecule has 182 valence electrons. The second kappa shape index (κ2) is 14.3. The van der Waals surface area contributed by atoms with Gasteiger partial charge in [0.1, 0.15) is 17.7 Å². The molecule has 1 atom stereocenters. The molecule has 0 unspecified atom stereocenters. The molecule has 0 fully saturated rings. The first kappa shape index (κ1) is 26.4. The maximum atomic E-state index is 13.3. The van der Waals surface area contributed by atoms with Crippen LogP contribution in [0.4, 0.5) is 14.6 Å². The third-order valence-corrected chi connectivity index (χ3v) is 4.72. The Morgan fingerprint density at radius 2 is 1.85 bits per heavy atom. The molecule has 0 aliphatic rings. The van der Waals surface area contributed by atoms with Gasteiger partial charge in [-0.05, 0) is 30.5 Å². The highest BCUT2D eigenvalue weighted by Crippen LogP contribution is 2.10. The quantitative estimate of drug-likeness (QED) is 0.352. The van der Waals surface area contributed by atoms with Crippen molar-refractivity contribution < 1.29 is 23.1 Å². The number of hydrogen-bond acceptors (Lipinski definition) is 5. The summed E-state index contributed by atoms with van der Waals surface area (Å²) in [6.45, 7) is 7.55. The van der Waals surface area contributed by atoms with E-state index in [0.717, 1.165) is 44.3 Å². The van der Waals surface area contributed by atoms with Gasteiger partial charge in [0.05, 0.1) is 19.4 Å². The zero-order chi connectivity index (χ0) is 24.1. The number of carbonyl (C=O) groups excluding carboxylic acids is 2. The number of aromatic nitrogens is 2. The van der Waals surface area contributed by atoms with E-state index in [1.54, 1.807) is 12.5 Å². The molecule has 0 saturated carbocycles. The van der Waals surface area contributed by atoms with E-state index in [4.69, 9.17) is 4.74 Å². The molecular formula is C23H33F2N5O3. The van der Waals surface area contributed by atoms with Gasteiger partial charge >= 0.3 is 0 Å². The average molecular weight is 466 g/mol. The SMILES string of the molecule is CCCOCCNCCn1cnc(NC(=O)[C@H](CCC)NC(=O)Cc2cc(F)cc(F)c2)c1. The molecular weight excluding hydrogens is 432 g/mol. The Kier molecular flexibility index (Phi) is 11.5. The number of carbonyl (C=O) groups is 2. The average Bonchev–Trinajstić information content (AvgIpc) is 3.19. The molecule has 0 saturated heterocycles. The Hall–Kier alpha value is -2.85. The number of nitrogens with zero attached hydrogens (tertiary/aromatic N) is 2. The minimum atomic E-state index is -0.782. The summed E-state index contributed by atoms with van der Waals surface area (Å²) in [6.07, 6.45) is 5.19. The Labute approximate surface area is 193 Å². The van der Waals surface area contributed by atoms with Gasteiger partial charge in [-0.3, -0.25) is 9.59 Å². The van der Waals surface area contributed by atoms with Crippen molar-refractivity contribution in [3.63, 3.8) is 0 Å². The lowest BCUT2D eigenvalue weighted by molar-refractivity contribution is -0.126. The van der Waals surface area contributed by atoms with Crippen LogP contribution < -0.4 is 16.0 Å². The zero-order valence-electron chi connectivity index (χ0n) is 19.2. The van der Waals surface area contributed by atoms with E-state index < -0.39 is 29.5 Å². The lowest BCUT2D eigenvalue weighted by Crippen LogP contribution is -2.44. The van der Waals surface area contributed by atoms with Crippen LogP contribution in [0.5, 0.6) is 0 Å². The van der Waals surface area contributed by atoms with Crippen molar-refractivity contribution in [2.45, 2.75) is 52.1 Å². The van der Waals surface area contributed by atoms with Crippen LogP contribution in [0, 0.1) is 11.6 Å². The normalized spacial score (nSPS) is 11.9. The van der Waals surface area contributed by atoms with E-state index in [1.807, 2.05) is 11.5 Å². The first-order chi connectivity index (χ1) is 15.9. The van der Waals surface area contributed by atoms with Crippen molar-refractivity contribution in [2.24, 2.45) is 0 Å². The van der Waals surface area contributed by atoms with Gasteiger partial charge in [0.2, 0.25) is 11.8 Å². The zero-order valence-corrected chi connectivity index (χ0v) is 19.2. The van der Waals surface area contributed by atoms with Crippen LogP contribution in [-0.4, -0.2) is 53.7 Å². The Morgan fingerprint density at radius 3 is 2.55 bits per heavy atom. The minimum Gasteiger partial charge on any atom is -0.380 e. The van der Waals surface area contributed by atoms with Crippen molar-refractivity contribution in [1.29, 1.82) is 0 Å². The number of nitrogens with one attached hydrogen (secondary N) is 3. The lowest BCUT2D eigenvalue weighted by atomic mass is 10.1. The number of imidazole rings is 1. The summed E-state index contributed by atoms with van der Waals surface area (Å²) in [7, 11) is 0. The molecule has 8 nitrogen and oxygen atoms in total. The third-order valence-electron chi connectivity index (χ3n) is 4.72. The van der Waals surface area contributed by atoms with E-state index in [1.165, 1.54) is 0 Å². The third kappa shape index (κ3) is 10.1. The molecule has 1 aromatic heterocycles. The number of amides is 2. The number of halogens is 2. The summed E-state index contributed by atoms with van der Waals surface area (Å²) >= 11 is 0. The van der Waals surface area contributed by atoms with E-state index >= 15 is 0 Å². The van der Waals surface area contributed by atoms with Crippen molar-refractivity contribution in [3.05, 3.63) is 47.9 Å². The van der Waals surface area contributed by atoms with Crippen LogP contribution in [0.1, 0.15) is 38.7 Å².